The van der Waals surface area contributed by atoms with Gasteiger partial charge in [0.2, 0.25) is 0 Å². The minimum Gasteiger partial charge on any atom is -0.506 e. The molecule has 2 N–H and O–H groups in total. The molecule has 7 heteroatoms. The fourth-order valence-electron chi connectivity index (χ4n) is 1.09. The zero-order valence-electron chi connectivity index (χ0n) is 8.54. The average molecular weight is 574 g/mol. The molecule has 1 aromatic rings. The molecule has 0 aliphatic rings. The van der Waals surface area contributed by atoms with E-state index in [2.05, 4.69) is 45.2 Å². The summed E-state index contributed by atoms with van der Waals surface area (Å²) in [5, 5.41) is 18.3. The van der Waals surface area contributed by atoms with Crippen molar-refractivity contribution in [1.29, 1.82) is 0 Å². The topological polar surface area (TPSA) is 66.8 Å². The maximum absolute atomic E-state index is 10.3. The monoisotopic (exact) mass is 574 g/mol. The van der Waals surface area contributed by atoms with Crippen molar-refractivity contribution in [2.24, 2.45) is 0 Å². The summed E-state index contributed by atoms with van der Waals surface area (Å²) in [6.07, 6.45) is 0.539. The zero-order chi connectivity index (χ0) is 13.0. The molecule has 0 atom stereocenters. The molecular formula is C10H9I3O4. The van der Waals surface area contributed by atoms with Crippen LogP contribution in [0.15, 0.2) is 6.07 Å². The van der Waals surface area contributed by atoms with Gasteiger partial charge in [0.15, 0.2) is 0 Å². The number of ether oxygens (including phenoxy) is 1. The molecular weight excluding hydrogens is 565 g/mol. The summed E-state index contributed by atoms with van der Waals surface area (Å²) in [4.78, 5) is 10.3. The van der Waals surface area contributed by atoms with Gasteiger partial charge in [0.1, 0.15) is 11.5 Å². The molecule has 17 heavy (non-hydrogen) atoms. The normalized spacial score (nSPS) is 10.3. The fraction of sp³-hybridized carbons (Fsp3) is 0.300. The molecule has 0 bridgehead atoms. The van der Waals surface area contributed by atoms with Gasteiger partial charge < -0.3 is 14.9 Å². The van der Waals surface area contributed by atoms with E-state index in [0.717, 1.165) is 7.14 Å². The van der Waals surface area contributed by atoms with Gasteiger partial charge in [-0.3, -0.25) is 4.79 Å². The Kier molecular flexibility index (Phi) is 6.55. The molecule has 0 saturated heterocycles. The van der Waals surface area contributed by atoms with Crippen molar-refractivity contribution >= 4 is 73.7 Å². The zero-order valence-corrected chi connectivity index (χ0v) is 15.0. The number of carboxylic acid groups (broad SMARTS) is 1. The number of carbonyl (C=O) groups is 1. The van der Waals surface area contributed by atoms with Crippen LogP contribution in [0.2, 0.25) is 0 Å². The maximum atomic E-state index is 10.3. The molecule has 0 saturated carbocycles. The van der Waals surface area contributed by atoms with E-state index in [1.165, 1.54) is 0 Å². The van der Waals surface area contributed by atoms with E-state index in [9.17, 15) is 9.90 Å². The lowest BCUT2D eigenvalue weighted by atomic mass is 10.3. The maximum Gasteiger partial charge on any atom is 0.303 e. The van der Waals surface area contributed by atoms with Gasteiger partial charge >= 0.3 is 5.97 Å². The van der Waals surface area contributed by atoms with Crippen LogP contribution in [-0.4, -0.2) is 22.8 Å². The molecule has 94 valence electrons. The van der Waals surface area contributed by atoms with E-state index in [1.807, 2.05) is 28.7 Å². The van der Waals surface area contributed by atoms with Gasteiger partial charge in [-0.1, -0.05) is 0 Å². The Bertz CT molecular complexity index is 434. The minimum atomic E-state index is -0.830. The highest BCUT2D eigenvalue weighted by molar-refractivity contribution is 14.1. The van der Waals surface area contributed by atoms with Crippen LogP contribution in [0.4, 0.5) is 0 Å². The summed E-state index contributed by atoms with van der Waals surface area (Å²) in [7, 11) is 0. The van der Waals surface area contributed by atoms with Gasteiger partial charge in [0.25, 0.3) is 0 Å². The molecule has 0 spiro atoms. The van der Waals surface area contributed by atoms with Gasteiger partial charge in [-0.05, 0) is 80.3 Å². The van der Waals surface area contributed by atoms with E-state index in [1.54, 1.807) is 0 Å². The van der Waals surface area contributed by atoms with Gasteiger partial charge in [0.05, 0.1) is 17.3 Å². The quantitative estimate of drug-likeness (QED) is 0.418. The summed E-state index contributed by atoms with van der Waals surface area (Å²) in [6.45, 7) is 0.332. The first kappa shape index (κ1) is 15.5. The van der Waals surface area contributed by atoms with Crippen LogP contribution in [-0.2, 0) is 4.79 Å². The molecule has 0 aliphatic carbocycles. The van der Waals surface area contributed by atoms with Crippen LogP contribution in [0.1, 0.15) is 12.8 Å². The number of hydrogen-bond donors (Lipinski definition) is 2. The smallest absolute Gasteiger partial charge is 0.303 e. The number of hydrogen-bond acceptors (Lipinski definition) is 3. The summed E-state index contributed by atoms with van der Waals surface area (Å²) in [6, 6.07) is 1.82. The van der Waals surface area contributed by atoms with Crippen LogP contribution in [0.5, 0.6) is 11.5 Å². The Labute approximate surface area is 140 Å². The Morgan fingerprint density at radius 3 is 2.53 bits per heavy atom. The lowest BCUT2D eigenvalue weighted by Crippen LogP contribution is -2.04. The first-order chi connectivity index (χ1) is 7.93. The predicted molar refractivity (Wildman–Crippen MR) is 88.6 cm³/mol. The van der Waals surface area contributed by atoms with Gasteiger partial charge in [-0.15, -0.1) is 0 Å². The van der Waals surface area contributed by atoms with Crippen molar-refractivity contribution in [2.75, 3.05) is 6.61 Å². The molecule has 0 fully saturated rings. The standard InChI is InChI=1S/C10H9I3O4/c11-5-4-6(12)10(8(13)9(5)16)17-3-1-2-7(14)15/h4,16H,1-3H2,(H,14,15). The van der Waals surface area contributed by atoms with E-state index >= 15 is 0 Å². The van der Waals surface area contributed by atoms with Crippen LogP contribution in [0.25, 0.3) is 0 Å². The van der Waals surface area contributed by atoms with Gasteiger partial charge in [-0.25, -0.2) is 0 Å². The van der Waals surface area contributed by atoms with E-state index in [-0.39, 0.29) is 12.2 Å². The first-order valence-electron chi connectivity index (χ1n) is 4.64. The predicted octanol–water partition coefficient (Wildman–Crippen LogP) is 3.45. The van der Waals surface area contributed by atoms with Crippen molar-refractivity contribution in [3.05, 3.63) is 16.8 Å². The first-order valence-corrected chi connectivity index (χ1v) is 7.88. The van der Waals surface area contributed by atoms with Crippen LogP contribution in [0.3, 0.4) is 0 Å². The van der Waals surface area contributed by atoms with Crippen LogP contribution < -0.4 is 4.74 Å². The minimum absolute atomic E-state index is 0.0868. The Morgan fingerprint density at radius 1 is 1.29 bits per heavy atom. The molecule has 4 nitrogen and oxygen atoms in total. The number of phenolic OH excluding ortho intramolecular Hbond substituents is 1. The molecule has 0 radical (unpaired) electrons. The van der Waals surface area contributed by atoms with Crippen molar-refractivity contribution in [1.82, 2.24) is 0 Å². The van der Waals surface area contributed by atoms with Crippen LogP contribution >= 0.6 is 67.8 Å². The molecule has 1 aromatic carbocycles. The summed E-state index contributed by atoms with van der Waals surface area (Å²) >= 11 is 6.20. The Hall–Kier alpha value is 0.480. The van der Waals surface area contributed by atoms with Crippen molar-refractivity contribution in [3.8, 4) is 11.5 Å². The molecule has 0 aliphatic heterocycles. The fourth-order valence-corrected chi connectivity index (χ4v) is 4.77. The van der Waals surface area contributed by atoms with E-state index < -0.39 is 5.97 Å². The number of phenols is 1. The number of aliphatic carboxylic acids is 1. The summed E-state index contributed by atoms with van der Waals surface area (Å²) in [5.74, 6) is -0.00203. The summed E-state index contributed by atoms with van der Waals surface area (Å²) in [5.41, 5.74) is 0. The average Bonchev–Trinajstić information content (AvgIpc) is 2.24. The Balaban J connectivity index is 2.71. The van der Waals surface area contributed by atoms with Crippen molar-refractivity contribution in [2.45, 2.75) is 12.8 Å². The second-order valence-electron chi connectivity index (χ2n) is 3.18. The number of rotatable bonds is 5. The van der Waals surface area contributed by atoms with Crippen molar-refractivity contribution < 1.29 is 19.7 Å². The molecule has 0 aromatic heterocycles. The third-order valence-electron chi connectivity index (χ3n) is 1.89. The molecule has 0 heterocycles. The highest BCUT2D eigenvalue weighted by Gasteiger charge is 2.14. The second-order valence-corrected chi connectivity index (χ2v) is 6.58. The lowest BCUT2D eigenvalue weighted by molar-refractivity contribution is -0.137. The molecule has 0 amide bonds. The molecule has 0 unspecified atom stereocenters. The largest absolute Gasteiger partial charge is 0.506 e. The number of halogens is 3. The second kappa shape index (κ2) is 7.16. The highest BCUT2D eigenvalue weighted by atomic mass is 127. The van der Waals surface area contributed by atoms with Crippen molar-refractivity contribution in [3.63, 3.8) is 0 Å². The Morgan fingerprint density at radius 2 is 1.94 bits per heavy atom. The lowest BCUT2D eigenvalue weighted by Gasteiger charge is -2.12. The SMILES string of the molecule is O=C(O)CCCOc1c(I)cc(I)c(O)c1I. The van der Waals surface area contributed by atoms with Gasteiger partial charge in [0, 0.05) is 6.42 Å². The third kappa shape index (κ3) is 4.58. The van der Waals surface area contributed by atoms with E-state index in [4.69, 9.17) is 9.84 Å². The molecule has 1 rings (SSSR count). The number of aromatic hydroxyl groups is 1. The van der Waals surface area contributed by atoms with Crippen LogP contribution in [0, 0.1) is 10.7 Å². The number of benzene rings is 1. The third-order valence-corrected chi connectivity index (χ3v) is 4.51. The van der Waals surface area contributed by atoms with E-state index in [0.29, 0.717) is 22.3 Å². The summed E-state index contributed by atoms with van der Waals surface area (Å²) < 4.78 is 7.85. The van der Waals surface area contributed by atoms with Gasteiger partial charge in [-0.2, -0.15) is 0 Å². The number of carboxylic acids is 1. The highest BCUT2D eigenvalue weighted by Crippen LogP contribution is 2.37.